The van der Waals surface area contributed by atoms with Gasteiger partial charge in [0.05, 0.1) is 15.6 Å². The number of carbonyl (C=O) groups is 1. The van der Waals surface area contributed by atoms with Gasteiger partial charge in [-0.3, -0.25) is 10.1 Å². The van der Waals surface area contributed by atoms with Crippen LogP contribution in [0.3, 0.4) is 0 Å². The van der Waals surface area contributed by atoms with Crippen molar-refractivity contribution in [2.75, 3.05) is 5.32 Å². The minimum atomic E-state index is -0.445. The van der Waals surface area contributed by atoms with Crippen LogP contribution < -0.4 is 10.6 Å². The van der Waals surface area contributed by atoms with Crippen LogP contribution in [0.1, 0.15) is 27.1 Å². The molecule has 0 spiro atoms. The van der Waals surface area contributed by atoms with Crippen molar-refractivity contribution in [2.45, 2.75) is 26.4 Å². The third-order valence-electron chi connectivity index (χ3n) is 4.73. The largest absolute Gasteiger partial charge is 0.324 e. The zero-order valence-electron chi connectivity index (χ0n) is 16.9. The average molecular weight is 434 g/mol. The normalized spacial score (nSPS) is 11.9. The van der Waals surface area contributed by atoms with Gasteiger partial charge in [-0.25, -0.2) is 4.98 Å². The van der Waals surface area contributed by atoms with Gasteiger partial charge in [-0.2, -0.15) is 0 Å². The highest BCUT2D eigenvalue weighted by Gasteiger charge is 2.20. The van der Waals surface area contributed by atoms with Gasteiger partial charge in [-0.15, -0.1) is 22.7 Å². The summed E-state index contributed by atoms with van der Waals surface area (Å²) >= 11 is 3.36. The molecule has 4 aromatic rings. The van der Waals surface area contributed by atoms with Gasteiger partial charge in [0.1, 0.15) is 6.04 Å². The van der Waals surface area contributed by atoms with Crippen LogP contribution in [0, 0.1) is 13.8 Å². The van der Waals surface area contributed by atoms with Gasteiger partial charge in [-0.1, -0.05) is 48.0 Å². The molecule has 0 aliphatic rings. The highest BCUT2D eigenvalue weighted by Crippen LogP contribution is 2.29. The standard InChI is InChI=1S/C24H23N3OS2/c1-16-8-10-19(11-9-16)27-24(28)23(18-6-4-3-5-7-18)25-14-20-12-13-22(30-20)21-15-29-17(2)26-21/h3-13,15,23,25H,14H2,1-2H3,(H,27,28). The van der Waals surface area contributed by atoms with E-state index in [0.717, 1.165) is 32.4 Å². The van der Waals surface area contributed by atoms with E-state index in [-0.39, 0.29) is 5.91 Å². The summed E-state index contributed by atoms with van der Waals surface area (Å²) in [6, 6.07) is 21.4. The van der Waals surface area contributed by atoms with Gasteiger partial charge < -0.3 is 5.32 Å². The number of anilines is 1. The van der Waals surface area contributed by atoms with Gasteiger partial charge in [0.25, 0.3) is 0 Å². The zero-order chi connectivity index (χ0) is 20.9. The van der Waals surface area contributed by atoms with Gasteiger partial charge >= 0.3 is 0 Å². The molecule has 2 aromatic heterocycles. The molecule has 0 fully saturated rings. The fourth-order valence-electron chi connectivity index (χ4n) is 3.15. The Morgan fingerprint density at radius 3 is 2.47 bits per heavy atom. The minimum Gasteiger partial charge on any atom is -0.324 e. The molecular formula is C24H23N3OS2. The average Bonchev–Trinajstić information content (AvgIpc) is 3.40. The number of amides is 1. The second-order valence-electron chi connectivity index (χ2n) is 7.10. The SMILES string of the molecule is Cc1ccc(NC(=O)C(NCc2ccc(-c3csc(C)n3)s2)c2ccccc2)cc1. The van der Waals surface area contributed by atoms with Gasteiger partial charge in [-0.05, 0) is 43.7 Å². The molecule has 6 heteroatoms. The molecule has 1 unspecified atom stereocenters. The minimum absolute atomic E-state index is 0.0723. The van der Waals surface area contributed by atoms with Crippen LogP contribution in [0.25, 0.3) is 10.6 Å². The van der Waals surface area contributed by atoms with Crippen LogP contribution in [0.2, 0.25) is 0 Å². The van der Waals surface area contributed by atoms with E-state index < -0.39 is 6.04 Å². The first kappa shape index (κ1) is 20.5. The molecule has 0 radical (unpaired) electrons. The number of nitrogens with zero attached hydrogens (tertiary/aromatic N) is 1. The number of nitrogens with one attached hydrogen (secondary N) is 2. The number of aromatic nitrogens is 1. The van der Waals surface area contributed by atoms with E-state index in [9.17, 15) is 4.79 Å². The zero-order valence-corrected chi connectivity index (χ0v) is 18.5. The second-order valence-corrected chi connectivity index (χ2v) is 9.33. The molecule has 0 aliphatic heterocycles. The van der Waals surface area contributed by atoms with Crippen LogP contribution in [-0.2, 0) is 11.3 Å². The predicted octanol–water partition coefficient (Wildman–Crippen LogP) is 5.96. The van der Waals surface area contributed by atoms with Gasteiger partial charge in [0.2, 0.25) is 5.91 Å². The second kappa shape index (κ2) is 9.34. The Morgan fingerprint density at radius 2 is 1.77 bits per heavy atom. The number of thiazole rings is 1. The summed E-state index contributed by atoms with van der Waals surface area (Å²) in [4.78, 5) is 19.9. The van der Waals surface area contributed by atoms with Crippen molar-refractivity contribution >= 4 is 34.3 Å². The van der Waals surface area contributed by atoms with E-state index in [1.165, 1.54) is 4.88 Å². The maximum atomic E-state index is 13.1. The number of benzene rings is 2. The number of carbonyl (C=O) groups excluding carboxylic acids is 1. The Labute approximate surface area is 184 Å². The van der Waals surface area contributed by atoms with Crippen molar-refractivity contribution in [1.82, 2.24) is 10.3 Å². The maximum absolute atomic E-state index is 13.1. The highest BCUT2D eigenvalue weighted by molar-refractivity contribution is 7.16. The molecule has 0 saturated heterocycles. The Bertz CT molecular complexity index is 1120. The smallest absolute Gasteiger partial charge is 0.246 e. The summed E-state index contributed by atoms with van der Waals surface area (Å²) in [5.41, 5.74) is 3.92. The number of thiophene rings is 1. The number of aryl methyl sites for hydroxylation is 2. The number of rotatable bonds is 7. The summed E-state index contributed by atoms with van der Waals surface area (Å²) in [5, 5.41) is 9.61. The first-order valence-electron chi connectivity index (χ1n) is 9.75. The van der Waals surface area contributed by atoms with Gasteiger partial charge in [0.15, 0.2) is 0 Å². The molecule has 1 atom stereocenters. The Morgan fingerprint density at radius 1 is 1.00 bits per heavy atom. The molecule has 30 heavy (non-hydrogen) atoms. The summed E-state index contributed by atoms with van der Waals surface area (Å²) in [6.45, 7) is 4.65. The van der Waals surface area contributed by atoms with E-state index in [0.29, 0.717) is 6.54 Å². The van der Waals surface area contributed by atoms with E-state index in [1.807, 2.05) is 68.4 Å². The first-order chi connectivity index (χ1) is 14.6. The summed E-state index contributed by atoms with van der Waals surface area (Å²) in [5.74, 6) is -0.0723. The molecule has 0 saturated carbocycles. The maximum Gasteiger partial charge on any atom is 0.246 e. The van der Waals surface area contributed by atoms with Crippen LogP contribution in [-0.4, -0.2) is 10.9 Å². The van der Waals surface area contributed by atoms with Crippen molar-refractivity contribution in [2.24, 2.45) is 0 Å². The van der Waals surface area contributed by atoms with Crippen LogP contribution in [0.5, 0.6) is 0 Å². The Balaban J connectivity index is 1.48. The lowest BCUT2D eigenvalue weighted by atomic mass is 10.1. The van der Waals surface area contributed by atoms with Crippen molar-refractivity contribution < 1.29 is 4.79 Å². The molecule has 4 nitrogen and oxygen atoms in total. The Hall–Kier alpha value is -2.80. The molecule has 2 N–H and O–H groups in total. The summed E-state index contributed by atoms with van der Waals surface area (Å²) < 4.78 is 0. The van der Waals surface area contributed by atoms with Gasteiger partial charge in [0, 0.05) is 22.5 Å². The third-order valence-corrected chi connectivity index (χ3v) is 6.61. The van der Waals surface area contributed by atoms with Crippen molar-refractivity contribution in [3.63, 3.8) is 0 Å². The molecule has 0 aliphatic carbocycles. The lowest BCUT2D eigenvalue weighted by Crippen LogP contribution is -2.32. The van der Waals surface area contributed by atoms with Crippen molar-refractivity contribution in [1.29, 1.82) is 0 Å². The number of hydrogen-bond acceptors (Lipinski definition) is 5. The van der Waals surface area contributed by atoms with Crippen LogP contribution in [0.4, 0.5) is 5.69 Å². The summed E-state index contributed by atoms with van der Waals surface area (Å²) in [7, 11) is 0. The quantitative estimate of drug-likeness (QED) is 0.378. The first-order valence-corrected chi connectivity index (χ1v) is 11.5. The summed E-state index contributed by atoms with van der Waals surface area (Å²) in [6.07, 6.45) is 0. The van der Waals surface area contributed by atoms with Crippen molar-refractivity contribution in [3.8, 4) is 10.6 Å². The molecule has 4 rings (SSSR count). The van der Waals surface area contributed by atoms with Crippen LogP contribution >= 0.6 is 22.7 Å². The predicted molar refractivity (Wildman–Crippen MR) is 126 cm³/mol. The van der Waals surface area contributed by atoms with E-state index in [4.69, 9.17) is 0 Å². The third kappa shape index (κ3) is 5.02. The molecular weight excluding hydrogens is 410 g/mol. The molecule has 2 heterocycles. The molecule has 152 valence electrons. The van der Waals surface area contributed by atoms with E-state index in [1.54, 1.807) is 22.7 Å². The topological polar surface area (TPSA) is 54.0 Å². The molecule has 1 amide bonds. The fraction of sp³-hybridized carbons (Fsp3) is 0.167. The monoisotopic (exact) mass is 433 g/mol. The molecule has 2 aromatic carbocycles. The lowest BCUT2D eigenvalue weighted by molar-refractivity contribution is -0.118. The lowest BCUT2D eigenvalue weighted by Gasteiger charge is -2.19. The fourth-order valence-corrected chi connectivity index (χ4v) is 4.76. The molecule has 0 bridgehead atoms. The van der Waals surface area contributed by atoms with Crippen molar-refractivity contribution in [3.05, 3.63) is 93.1 Å². The Kier molecular flexibility index (Phi) is 6.38. The van der Waals surface area contributed by atoms with E-state index in [2.05, 4.69) is 33.1 Å². The van der Waals surface area contributed by atoms with Crippen LogP contribution in [0.15, 0.2) is 72.1 Å². The van der Waals surface area contributed by atoms with E-state index >= 15 is 0 Å². The highest BCUT2D eigenvalue weighted by atomic mass is 32.1. The number of hydrogen-bond donors (Lipinski definition) is 2.